The van der Waals surface area contributed by atoms with Crippen LogP contribution in [0.5, 0.6) is 5.75 Å². The number of rotatable bonds is 7. The molecule has 0 aliphatic rings. The fraction of sp³-hybridized carbons (Fsp3) is 0.417. The largest absolute Gasteiger partial charge is 0.490 e. The maximum absolute atomic E-state index is 5.56. The molecule has 1 aromatic rings. The molecule has 0 radical (unpaired) electrons. The quantitative estimate of drug-likeness (QED) is 0.620. The molecule has 1 aromatic carbocycles. The highest BCUT2D eigenvalue weighted by molar-refractivity contribution is 9.10. The first-order valence-electron chi connectivity index (χ1n) is 5.45. The van der Waals surface area contributed by atoms with Crippen LogP contribution in [0, 0.1) is 0 Å². The summed E-state index contributed by atoms with van der Waals surface area (Å²) in [5, 5.41) is 0. The number of hydrogen-bond acceptors (Lipinski definition) is 3. The molecule has 0 fully saturated rings. The Labute approximate surface area is 115 Å². The van der Waals surface area contributed by atoms with E-state index in [0.717, 1.165) is 28.8 Å². The zero-order chi connectivity index (χ0) is 12.7. The lowest BCUT2D eigenvalue weighted by Gasteiger charge is -2.09. The SMILES string of the molecule is CCCOCCOc1ccc(C(N)=S)cc1Br. The highest BCUT2D eigenvalue weighted by Gasteiger charge is 2.04. The van der Waals surface area contributed by atoms with Gasteiger partial charge in [0, 0.05) is 12.2 Å². The van der Waals surface area contributed by atoms with Crippen LogP contribution in [0.3, 0.4) is 0 Å². The molecule has 0 bridgehead atoms. The minimum Gasteiger partial charge on any atom is -0.490 e. The highest BCUT2D eigenvalue weighted by atomic mass is 79.9. The highest BCUT2D eigenvalue weighted by Crippen LogP contribution is 2.25. The Balaban J connectivity index is 2.46. The van der Waals surface area contributed by atoms with Crippen molar-refractivity contribution < 1.29 is 9.47 Å². The lowest BCUT2D eigenvalue weighted by molar-refractivity contribution is 0.100. The molecule has 94 valence electrons. The van der Waals surface area contributed by atoms with Crippen molar-refractivity contribution in [3.05, 3.63) is 28.2 Å². The Bertz CT molecular complexity index is 385. The summed E-state index contributed by atoms with van der Waals surface area (Å²) < 4.78 is 11.7. The first-order valence-corrected chi connectivity index (χ1v) is 6.65. The summed E-state index contributed by atoms with van der Waals surface area (Å²) in [5.41, 5.74) is 6.36. The van der Waals surface area contributed by atoms with Gasteiger partial charge in [-0.25, -0.2) is 0 Å². The molecule has 5 heteroatoms. The van der Waals surface area contributed by atoms with E-state index in [9.17, 15) is 0 Å². The molecule has 0 aromatic heterocycles. The third-order valence-corrected chi connectivity index (χ3v) is 2.91. The molecule has 0 aliphatic carbocycles. The number of benzene rings is 1. The first kappa shape index (κ1) is 14.4. The molecular formula is C12H16BrNO2S. The summed E-state index contributed by atoms with van der Waals surface area (Å²) in [7, 11) is 0. The molecule has 0 unspecified atom stereocenters. The normalized spacial score (nSPS) is 10.2. The number of nitrogens with two attached hydrogens (primary N) is 1. The summed E-state index contributed by atoms with van der Waals surface area (Å²) in [6, 6.07) is 5.54. The molecule has 0 saturated carbocycles. The van der Waals surface area contributed by atoms with Gasteiger partial charge in [0.15, 0.2) is 0 Å². The summed E-state index contributed by atoms with van der Waals surface area (Å²) in [6.45, 7) is 3.97. The lowest BCUT2D eigenvalue weighted by atomic mass is 10.2. The number of halogens is 1. The van der Waals surface area contributed by atoms with E-state index in [0.29, 0.717) is 18.2 Å². The monoisotopic (exact) mass is 317 g/mol. The molecule has 17 heavy (non-hydrogen) atoms. The Morgan fingerprint density at radius 3 is 2.71 bits per heavy atom. The fourth-order valence-corrected chi connectivity index (χ4v) is 1.85. The minimum atomic E-state index is 0.378. The van der Waals surface area contributed by atoms with Crippen molar-refractivity contribution in [1.29, 1.82) is 0 Å². The fourth-order valence-electron chi connectivity index (χ4n) is 1.23. The van der Waals surface area contributed by atoms with Crippen LogP contribution in [0.15, 0.2) is 22.7 Å². The van der Waals surface area contributed by atoms with Crippen molar-refractivity contribution >= 4 is 33.1 Å². The summed E-state index contributed by atoms with van der Waals surface area (Å²) in [5.74, 6) is 0.769. The van der Waals surface area contributed by atoms with Crippen molar-refractivity contribution in [1.82, 2.24) is 0 Å². The van der Waals surface area contributed by atoms with Gasteiger partial charge in [0.05, 0.1) is 11.1 Å². The van der Waals surface area contributed by atoms with Gasteiger partial charge in [-0.05, 0) is 40.5 Å². The Morgan fingerprint density at radius 2 is 2.12 bits per heavy atom. The molecule has 0 spiro atoms. The van der Waals surface area contributed by atoms with Crippen LogP contribution < -0.4 is 10.5 Å². The molecule has 3 nitrogen and oxygen atoms in total. The predicted octanol–water partition coefficient (Wildman–Crippen LogP) is 2.89. The second-order valence-corrected chi connectivity index (χ2v) is 4.76. The van der Waals surface area contributed by atoms with Gasteiger partial charge >= 0.3 is 0 Å². The van der Waals surface area contributed by atoms with Crippen LogP contribution in [0.4, 0.5) is 0 Å². The predicted molar refractivity (Wildman–Crippen MR) is 76.6 cm³/mol. The zero-order valence-electron chi connectivity index (χ0n) is 9.74. The Kier molecular flexibility index (Phi) is 6.47. The number of hydrogen-bond donors (Lipinski definition) is 1. The molecule has 0 saturated heterocycles. The van der Waals surface area contributed by atoms with Crippen molar-refractivity contribution in [2.45, 2.75) is 13.3 Å². The van der Waals surface area contributed by atoms with Crippen LogP contribution in [-0.4, -0.2) is 24.8 Å². The van der Waals surface area contributed by atoms with Crippen molar-refractivity contribution in [2.24, 2.45) is 5.73 Å². The van der Waals surface area contributed by atoms with E-state index in [1.54, 1.807) is 0 Å². The van der Waals surface area contributed by atoms with Crippen LogP contribution in [-0.2, 0) is 4.74 Å². The van der Waals surface area contributed by atoms with E-state index in [4.69, 9.17) is 27.4 Å². The van der Waals surface area contributed by atoms with E-state index in [-0.39, 0.29) is 0 Å². The van der Waals surface area contributed by atoms with Crippen LogP contribution in [0.1, 0.15) is 18.9 Å². The minimum absolute atomic E-state index is 0.378. The average molecular weight is 318 g/mol. The summed E-state index contributed by atoms with van der Waals surface area (Å²) in [6.07, 6.45) is 1.02. The summed E-state index contributed by atoms with van der Waals surface area (Å²) in [4.78, 5) is 0.378. The number of ether oxygens (including phenoxy) is 2. The topological polar surface area (TPSA) is 44.5 Å². The molecule has 0 atom stereocenters. The Morgan fingerprint density at radius 1 is 1.35 bits per heavy atom. The lowest BCUT2D eigenvalue weighted by Crippen LogP contribution is -2.10. The third kappa shape index (κ3) is 5.02. The van der Waals surface area contributed by atoms with Gasteiger partial charge < -0.3 is 15.2 Å². The third-order valence-electron chi connectivity index (χ3n) is 2.05. The maximum Gasteiger partial charge on any atom is 0.133 e. The second-order valence-electron chi connectivity index (χ2n) is 3.47. The van der Waals surface area contributed by atoms with Gasteiger partial charge in [0.2, 0.25) is 0 Å². The maximum atomic E-state index is 5.56. The molecule has 0 heterocycles. The molecule has 0 aliphatic heterocycles. The van der Waals surface area contributed by atoms with E-state index >= 15 is 0 Å². The molecular weight excluding hydrogens is 302 g/mol. The zero-order valence-corrected chi connectivity index (χ0v) is 12.1. The van der Waals surface area contributed by atoms with E-state index in [1.165, 1.54) is 0 Å². The van der Waals surface area contributed by atoms with Crippen molar-refractivity contribution in [3.63, 3.8) is 0 Å². The van der Waals surface area contributed by atoms with E-state index in [2.05, 4.69) is 22.9 Å². The van der Waals surface area contributed by atoms with Crippen LogP contribution in [0.2, 0.25) is 0 Å². The van der Waals surface area contributed by atoms with Gasteiger partial charge in [-0.1, -0.05) is 19.1 Å². The smallest absolute Gasteiger partial charge is 0.133 e. The van der Waals surface area contributed by atoms with Crippen molar-refractivity contribution in [3.8, 4) is 5.75 Å². The van der Waals surface area contributed by atoms with Gasteiger partial charge in [-0.3, -0.25) is 0 Å². The van der Waals surface area contributed by atoms with Gasteiger partial charge in [-0.15, -0.1) is 0 Å². The average Bonchev–Trinajstić information content (AvgIpc) is 2.30. The van der Waals surface area contributed by atoms with Crippen LogP contribution >= 0.6 is 28.1 Å². The number of thiocarbonyl (C=S) groups is 1. The first-order chi connectivity index (χ1) is 8.15. The van der Waals surface area contributed by atoms with Crippen molar-refractivity contribution in [2.75, 3.05) is 19.8 Å². The standard InChI is InChI=1S/C12H16BrNO2S/c1-2-5-15-6-7-16-11-4-3-9(12(14)17)8-10(11)13/h3-4,8H,2,5-7H2,1H3,(H2,14,17). The second kappa shape index (κ2) is 7.63. The van der Waals surface area contributed by atoms with Gasteiger partial charge in [0.1, 0.15) is 17.3 Å². The van der Waals surface area contributed by atoms with E-state index in [1.807, 2.05) is 18.2 Å². The molecule has 2 N–H and O–H groups in total. The van der Waals surface area contributed by atoms with E-state index < -0.39 is 0 Å². The molecule has 1 rings (SSSR count). The van der Waals surface area contributed by atoms with Crippen LogP contribution in [0.25, 0.3) is 0 Å². The van der Waals surface area contributed by atoms with Gasteiger partial charge in [-0.2, -0.15) is 0 Å². The molecule has 0 amide bonds. The summed E-state index contributed by atoms with van der Waals surface area (Å²) >= 11 is 8.31. The van der Waals surface area contributed by atoms with Gasteiger partial charge in [0.25, 0.3) is 0 Å². The Hall–Kier alpha value is -0.650.